The summed E-state index contributed by atoms with van der Waals surface area (Å²) < 4.78 is 11.0. The Morgan fingerprint density at radius 3 is 2.92 bits per heavy atom. The number of methoxy groups -OCH3 is 2. The molecule has 0 spiro atoms. The monoisotopic (exact) mass is 337 g/mol. The van der Waals surface area contributed by atoms with Gasteiger partial charge >= 0.3 is 0 Å². The molecular formula is C20H23N3O2. The van der Waals surface area contributed by atoms with Crippen molar-refractivity contribution in [2.24, 2.45) is 0 Å². The number of benzene rings is 2. The van der Waals surface area contributed by atoms with Gasteiger partial charge < -0.3 is 9.47 Å². The Morgan fingerprint density at radius 1 is 1.16 bits per heavy atom. The molecule has 0 saturated carbocycles. The molecule has 0 radical (unpaired) electrons. The van der Waals surface area contributed by atoms with Crippen LogP contribution in [0.15, 0.2) is 42.6 Å². The summed E-state index contributed by atoms with van der Waals surface area (Å²) in [5.74, 6) is 1.81. The van der Waals surface area contributed by atoms with Gasteiger partial charge in [0.2, 0.25) is 0 Å². The number of nitrogens with zero attached hydrogens (tertiary/aromatic N) is 2. The average Bonchev–Trinajstić information content (AvgIpc) is 3.30. The molecule has 1 aromatic heterocycles. The highest BCUT2D eigenvalue weighted by molar-refractivity contribution is 5.78. The summed E-state index contributed by atoms with van der Waals surface area (Å²) in [6, 6.07) is 12.9. The second-order valence-corrected chi connectivity index (χ2v) is 6.53. The first-order chi connectivity index (χ1) is 12.3. The second kappa shape index (κ2) is 6.76. The van der Waals surface area contributed by atoms with Gasteiger partial charge in [-0.1, -0.05) is 12.1 Å². The van der Waals surface area contributed by atoms with Gasteiger partial charge in [-0.2, -0.15) is 5.10 Å². The molecule has 25 heavy (non-hydrogen) atoms. The van der Waals surface area contributed by atoms with Crippen LogP contribution in [0.3, 0.4) is 0 Å². The van der Waals surface area contributed by atoms with Gasteiger partial charge in [-0.15, -0.1) is 0 Å². The Balaban J connectivity index is 1.61. The summed E-state index contributed by atoms with van der Waals surface area (Å²) in [5.41, 5.74) is 3.60. The number of nitrogens with one attached hydrogen (secondary N) is 1. The molecule has 2 heterocycles. The zero-order valence-electron chi connectivity index (χ0n) is 14.7. The molecule has 1 N–H and O–H groups in total. The molecule has 3 aromatic rings. The first-order valence-electron chi connectivity index (χ1n) is 8.66. The van der Waals surface area contributed by atoms with Crippen LogP contribution in [0, 0.1) is 0 Å². The van der Waals surface area contributed by atoms with E-state index in [1.807, 2.05) is 18.3 Å². The molecule has 1 aliphatic heterocycles. The molecule has 5 heteroatoms. The average molecular weight is 337 g/mol. The van der Waals surface area contributed by atoms with E-state index in [0.717, 1.165) is 41.9 Å². The van der Waals surface area contributed by atoms with E-state index >= 15 is 0 Å². The number of rotatable bonds is 5. The molecule has 1 atom stereocenters. The molecule has 1 fully saturated rings. The number of H-pyrrole nitrogens is 1. The molecule has 0 aliphatic carbocycles. The normalized spacial score (nSPS) is 17.9. The topological polar surface area (TPSA) is 50.4 Å². The predicted octanol–water partition coefficient (Wildman–Crippen LogP) is 3.92. The number of hydrogen-bond donors (Lipinski definition) is 1. The molecule has 130 valence electrons. The van der Waals surface area contributed by atoms with Crippen LogP contribution in [0.4, 0.5) is 0 Å². The Labute approximate surface area is 147 Å². The third-order valence-electron chi connectivity index (χ3n) is 5.05. The lowest BCUT2D eigenvalue weighted by molar-refractivity contribution is 0.242. The Morgan fingerprint density at radius 2 is 2.08 bits per heavy atom. The predicted molar refractivity (Wildman–Crippen MR) is 98.0 cm³/mol. The summed E-state index contributed by atoms with van der Waals surface area (Å²) in [6.45, 7) is 2.01. The van der Waals surface area contributed by atoms with Gasteiger partial charge in [-0.05, 0) is 49.2 Å². The van der Waals surface area contributed by atoms with Crippen molar-refractivity contribution < 1.29 is 9.47 Å². The number of ether oxygens (including phenoxy) is 2. The van der Waals surface area contributed by atoms with Crippen LogP contribution in [0.2, 0.25) is 0 Å². The molecule has 1 unspecified atom stereocenters. The van der Waals surface area contributed by atoms with Gasteiger partial charge in [0.15, 0.2) is 0 Å². The van der Waals surface area contributed by atoms with Crippen LogP contribution in [0.5, 0.6) is 11.5 Å². The molecule has 4 rings (SSSR count). The third-order valence-corrected chi connectivity index (χ3v) is 5.05. The number of likely N-dealkylation sites (tertiary alicyclic amines) is 1. The second-order valence-electron chi connectivity index (χ2n) is 6.53. The number of aromatic amines is 1. The molecule has 0 amide bonds. The maximum Gasteiger partial charge on any atom is 0.123 e. The van der Waals surface area contributed by atoms with Crippen LogP contribution < -0.4 is 9.47 Å². The van der Waals surface area contributed by atoms with E-state index in [9.17, 15) is 0 Å². The van der Waals surface area contributed by atoms with Crippen molar-refractivity contribution in [3.05, 3.63) is 53.7 Å². The summed E-state index contributed by atoms with van der Waals surface area (Å²) >= 11 is 0. The molecule has 2 aromatic carbocycles. The number of aromatic nitrogens is 2. The summed E-state index contributed by atoms with van der Waals surface area (Å²) in [6.07, 6.45) is 4.19. The van der Waals surface area contributed by atoms with Crippen molar-refractivity contribution in [2.45, 2.75) is 25.4 Å². The van der Waals surface area contributed by atoms with Crippen molar-refractivity contribution in [3.8, 4) is 11.5 Å². The summed E-state index contributed by atoms with van der Waals surface area (Å²) in [4.78, 5) is 2.52. The fraction of sp³-hybridized carbons (Fsp3) is 0.350. The number of fused-ring (bicyclic) bond motifs is 1. The van der Waals surface area contributed by atoms with E-state index in [-0.39, 0.29) is 0 Å². The van der Waals surface area contributed by atoms with Crippen molar-refractivity contribution in [1.82, 2.24) is 15.1 Å². The van der Waals surface area contributed by atoms with Crippen molar-refractivity contribution in [3.63, 3.8) is 0 Å². The van der Waals surface area contributed by atoms with Crippen LogP contribution in [0.25, 0.3) is 10.9 Å². The smallest absolute Gasteiger partial charge is 0.123 e. The third kappa shape index (κ3) is 3.07. The Hall–Kier alpha value is -2.53. The van der Waals surface area contributed by atoms with Crippen LogP contribution in [-0.4, -0.2) is 35.9 Å². The van der Waals surface area contributed by atoms with Gasteiger partial charge in [0.25, 0.3) is 0 Å². The van der Waals surface area contributed by atoms with E-state index in [1.54, 1.807) is 14.2 Å². The lowest BCUT2D eigenvalue weighted by Crippen LogP contribution is -2.23. The summed E-state index contributed by atoms with van der Waals surface area (Å²) in [7, 11) is 3.44. The fourth-order valence-corrected chi connectivity index (χ4v) is 3.78. The van der Waals surface area contributed by atoms with E-state index in [4.69, 9.17) is 9.47 Å². The van der Waals surface area contributed by atoms with Crippen LogP contribution in [-0.2, 0) is 6.54 Å². The Kier molecular flexibility index (Phi) is 4.32. The van der Waals surface area contributed by atoms with Crippen LogP contribution >= 0.6 is 0 Å². The number of hydrogen-bond acceptors (Lipinski definition) is 4. The standard InChI is InChI=1S/C20H23N3O2/c1-24-16-7-8-20(25-2)17(11-16)19-4-3-9-23(19)13-14-5-6-15-12-21-22-18(15)10-14/h5-8,10-12,19H,3-4,9,13H2,1-2H3,(H,21,22). The van der Waals surface area contributed by atoms with E-state index in [0.29, 0.717) is 6.04 Å². The zero-order chi connectivity index (χ0) is 17.2. The van der Waals surface area contributed by atoms with Crippen molar-refractivity contribution in [2.75, 3.05) is 20.8 Å². The van der Waals surface area contributed by atoms with Gasteiger partial charge in [0, 0.05) is 23.5 Å². The lowest BCUT2D eigenvalue weighted by Gasteiger charge is -2.26. The molecule has 1 saturated heterocycles. The molecular weight excluding hydrogens is 314 g/mol. The lowest BCUT2D eigenvalue weighted by atomic mass is 10.0. The van der Waals surface area contributed by atoms with Crippen molar-refractivity contribution >= 4 is 10.9 Å². The quantitative estimate of drug-likeness (QED) is 0.767. The van der Waals surface area contributed by atoms with Crippen LogP contribution in [0.1, 0.15) is 30.0 Å². The Bertz CT molecular complexity index is 874. The SMILES string of the molecule is COc1ccc(OC)c(C2CCCN2Cc2ccc3cn[nH]c3c2)c1. The first-order valence-corrected chi connectivity index (χ1v) is 8.66. The minimum atomic E-state index is 0.350. The van der Waals surface area contributed by atoms with Gasteiger partial charge in [-0.25, -0.2) is 0 Å². The minimum Gasteiger partial charge on any atom is -0.497 e. The largest absolute Gasteiger partial charge is 0.497 e. The van der Waals surface area contributed by atoms with E-state index < -0.39 is 0 Å². The maximum absolute atomic E-state index is 5.61. The van der Waals surface area contributed by atoms with Crippen molar-refractivity contribution in [1.29, 1.82) is 0 Å². The first kappa shape index (κ1) is 16.0. The highest BCUT2D eigenvalue weighted by Gasteiger charge is 2.28. The molecule has 5 nitrogen and oxygen atoms in total. The summed E-state index contributed by atoms with van der Waals surface area (Å²) in [5, 5.41) is 8.31. The fourth-order valence-electron chi connectivity index (χ4n) is 3.78. The highest BCUT2D eigenvalue weighted by Crippen LogP contribution is 2.39. The van der Waals surface area contributed by atoms with Gasteiger partial charge in [0.1, 0.15) is 11.5 Å². The van der Waals surface area contributed by atoms with E-state index in [2.05, 4.69) is 39.4 Å². The molecule has 0 bridgehead atoms. The van der Waals surface area contributed by atoms with Gasteiger partial charge in [-0.3, -0.25) is 10.00 Å². The molecule has 1 aliphatic rings. The van der Waals surface area contributed by atoms with Gasteiger partial charge in [0.05, 0.1) is 25.9 Å². The zero-order valence-corrected chi connectivity index (χ0v) is 14.7. The maximum atomic E-state index is 5.61. The minimum absolute atomic E-state index is 0.350. The van der Waals surface area contributed by atoms with E-state index in [1.165, 1.54) is 17.5 Å². The highest BCUT2D eigenvalue weighted by atomic mass is 16.5.